The molecular weight excluding hydrogens is 282 g/mol. The molecule has 0 aromatic heterocycles. The van der Waals surface area contributed by atoms with Crippen LogP contribution in [0.4, 0.5) is 5.69 Å². The monoisotopic (exact) mass is 295 g/mol. The van der Waals surface area contributed by atoms with Crippen molar-refractivity contribution in [2.45, 2.75) is 25.0 Å². The number of nitrogens with one attached hydrogen (secondary N) is 1. The molecule has 3 rings (SSSR count). The number of carboxylic acid groups (broad SMARTS) is 1. The summed E-state index contributed by atoms with van der Waals surface area (Å²) in [7, 11) is 0. The molecule has 2 fully saturated rings. The Labute approximate surface area is 120 Å². The first kappa shape index (κ1) is 13.4. The molecule has 0 radical (unpaired) electrons. The zero-order valence-electron chi connectivity index (χ0n) is 10.6. The fourth-order valence-corrected chi connectivity index (χ4v) is 3.31. The number of hydrogen-bond acceptors (Lipinski definition) is 3. The van der Waals surface area contributed by atoms with E-state index in [1.165, 1.54) is 0 Å². The van der Waals surface area contributed by atoms with Gasteiger partial charge in [-0.2, -0.15) is 0 Å². The number of amides is 1. The van der Waals surface area contributed by atoms with Gasteiger partial charge in [0.05, 0.1) is 24.0 Å². The van der Waals surface area contributed by atoms with Gasteiger partial charge in [-0.05, 0) is 31.0 Å². The predicted octanol–water partition coefficient (Wildman–Crippen LogP) is 2.16. The second-order valence-corrected chi connectivity index (χ2v) is 5.62. The molecule has 0 aliphatic carbocycles. The number of carbonyl (C=O) groups excluding carboxylic acids is 1. The van der Waals surface area contributed by atoms with Gasteiger partial charge in [-0.15, -0.1) is 0 Å². The Hall–Kier alpha value is -1.59. The standard InChI is InChI=1S/C14H14ClNO4/c15-7-2-1-3-8(6-7)16-13(17)11-9-4-5-10(20-9)12(11)14(18)19/h1-3,6,9-12H,4-5H2,(H,16,17)(H,18,19)/t9-,10-,11?,12?/m1/s1. The molecule has 1 amide bonds. The van der Waals surface area contributed by atoms with Crippen LogP contribution in [-0.4, -0.2) is 29.2 Å². The van der Waals surface area contributed by atoms with Gasteiger partial charge in [0.2, 0.25) is 5.91 Å². The van der Waals surface area contributed by atoms with E-state index in [0.717, 1.165) is 6.42 Å². The zero-order chi connectivity index (χ0) is 14.3. The van der Waals surface area contributed by atoms with Crippen LogP contribution in [0.2, 0.25) is 5.02 Å². The summed E-state index contributed by atoms with van der Waals surface area (Å²) in [6, 6.07) is 6.78. The molecule has 2 N–H and O–H groups in total. The Kier molecular flexibility index (Phi) is 3.40. The summed E-state index contributed by atoms with van der Waals surface area (Å²) in [4.78, 5) is 23.7. The summed E-state index contributed by atoms with van der Waals surface area (Å²) in [6.45, 7) is 0. The van der Waals surface area contributed by atoms with Gasteiger partial charge in [0.25, 0.3) is 0 Å². The van der Waals surface area contributed by atoms with Crippen LogP contribution in [0.1, 0.15) is 12.8 Å². The van der Waals surface area contributed by atoms with E-state index >= 15 is 0 Å². The number of ether oxygens (including phenoxy) is 1. The summed E-state index contributed by atoms with van der Waals surface area (Å²) in [5.74, 6) is -2.67. The highest BCUT2D eigenvalue weighted by Gasteiger charge is 2.55. The molecule has 2 aliphatic heterocycles. The quantitative estimate of drug-likeness (QED) is 0.896. The van der Waals surface area contributed by atoms with Crippen LogP contribution >= 0.6 is 11.6 Å². The molecule has 2 bridgehead atoms. The van der Waals surface area contributed by atoms with Crippen molar-refractivity contribution in [1.29, 1.82) is 0 Å². The van der Waals surface area contributed by atoms with Crippen LogP contribution in [0.15, 0.2) is 24.3 Å². The van der Waals surface area contributed by atoms with Crippen molar-refractivity contribution < 1.29 is 19.4 Å². The second-order valence-electron chi connectivity index (χ2n) is 5.18. The molecule has 6 heteroatoms. The summed E-state index contributed by atoms with van der Waals surface area (Å²) in [5.41, 5.74) is 0.564. The minimum Gasteiger partial charge on any atom is -0.481 e. The number of carbonyl (C=O) groups is 2. The topological polar surface area (TPSA) is 75.6 Å². The van der Waals surface area contributed by atoms with Gasteiger partial charge >= 0.3 is 5.97 Å². The van der Waals surface area contributed by atoms with Crippen molar-refractivity contribution in [2.24, 2.45) is 11.8 Å². The van der Waals surface area contributed by atoms with E-state index in [2.05, 4.69) is 5.32 Å². The van der Waals surface area contributed by atoms with Crippen LogP contribution in [0.5, 0.6) is 0 Å². The van der Waals surface area contributed by atoms with Crippen molar-refractivity contribution >= 4 is 29.2 Å². The van der Waals surface area contributed by atoms with E-state index < -0.39 is 17.8 Å². The minimum absolute atomic E-state index is 0.291. The Bertz CT molecular complexity index is 562. The summed E-state index contributed by atoms with van der Waals surface area (Å²) >= 11 is 5.86. The predicted molar refractivity (Wildman–Crippen MR) is 72.6 cm³/mol. The third-order valence-electron chi connectivity index (χ3n) is 3.95. The number of halogens is 1. The molecule has 0 saturated carbocycles. The van der Waals surface area contributed by atoms with Gasteiger partial charge in [0, 0.05) is 10.7 Å². The van der Waals surface area contributed by atoms with Crippen LogP contribution in [0, 0.1) is 11.8 Å². The van der Waals surface area contributed by atoms with Gasteiger partial charge in [0.1, 0.15) is 0 Å². The maximum absolute atomic E-state index is 12.3. The number of hydrogen-bond donors (Lipinski definition) is 2. The van der Waals surface area contributed by atoms with Crippen LogP contribution in [0.3, 0.4) is 0 Å². The number of rotatable bonds is 3. The Balaban J connectivity index is 1.78. The van der Waals surface area contributed by atoms with Gasteiger partial charge in [0.15, 0.2) is 0 Å². The molecule has 1 aromatic rings. The average molecular weight is 296 g/mol. The lowest BCUT2D eigenvalue weighted by Gasteiger charge is -2.23. The molecule has 20 heavy (non-hydrogen) atoms. The molecule has 2 saturated heterocycles. The highest BCUT2D eigenvalue weighted by molar-refractivity contribution is 6.30. The van der Waals surface area contributed by atoms with Crippen LogP contribution < -0.4 is 5.32 Å². The van der Waals surface area contributed by atoms with Crippen molar-refractivity contribution in [3.8, 4) is 0 Å². The summed E-state index contributed by atoms with van der Waals surface area (Å²) < 4.78 is 5.57. The van der Waals surface area contributed by atoms with Crippen molar-refractivity contribution in [2.75, 3.05) is 5.32 Å². The first-order chi connectivity index (χ1) is 9.56. The summed E-state index contributed by atoms with van der Waals surface area (Å²) in [6.07, 6.45) is 0.817. The van der Waals surface area contributed by atoms with E-state index in [0.29, 0.717) is 17.1 Å². The van der Waals surface area contributed by atoms with Crippen molar-refractivity contribution in [3.63, 3.8) is 0 Å². The molecule has 106 valence electrons. The maximum Gasteiger partial charge on any atom is 0.310 e. The Morgan fingerprint density at radius 2 is 1.95 bits per heavy atom. The molecule has 5 nitrogen and oxygen atoms in total. The highest BCUT2D eigenvalue weighted by atomic mass is 35.5. The smallest absolute Gasteiger partial charge is 0.310 e. The van der Waals surface area contributed by atoms with Crippen LogP contribution in [-0.2, 0) is 14.3 Å². The lowest BCUT2D eigenvalue weighted by atomic mass is 9.78. The first-order valence-corrected chi connectivity index (χ1v) is 6.89. The van der Waals surface area contributed by atoms with Gasteiger partial charge < -0.3 is 15.2 Å². The maximum atomic E-state index is 12.3. The number of benzene rings is 1. The Morgan fingerprint density at radius 1 is 1.25 bits per heavy atom. The zero-order valence-corrected chi connectivity index (χ0v) is 11.3. The molecule has 4 atom stereocenters. The van der Waals surface area contributed by atoms with Gasteiger partial charge in [-0.1, -0.05) is 17.7 Å². The molecule has 2 heterocycles. The fraction of sp³-hybridized carbons (Fsp3) is 0.429. The normalized spacial score (nSPS) is 31.2. The number of anilines is 1. The van der Waals surface area contributed by atoms with E-state index in [9.17, 15) is 14.7 Å². The number of fused-ring (bicyclic) bond motifs is 2. The van der Waals surface area contributed by atoms with Gasteiger partial charge in [-0.25, -0.2) is 0 Å². The van der Waals surface area contributed by atoms with E-state index in [4.69, 9.17) is 16.3 Å². The average Bonchev–Trinajstić information content (AvgIpc) is 2.98. The minimum atomic E-state index is -0.969. The summed E-state index contributed by atoms with van der Waals surface area (Å²) in [5, 5.41) is 12.5. The van der Waals surface area contributed by atoms with Crippen molar-refractivity contribution in [1.82, 2.24) is 0 Å². The largest absolute Gasteiger partial charge is 0.481 e. The molecule has 0 spiro atoms. The SMILES string of the molecule is O=C(O)C1C(C(=O)Nc2cccc(Cl)c2)[C@H]2CC[C@H]1O2. The first-order valence-electron chi connectivity index (χ1n) is 6.51. The lowest BCUT2D eigenvalue weighted by molar-refractivity contribution is -0.147. The van der Waals surface area contributed by atoms with E-state index in [1.54, 1.807) is 24.3 Å². The highest BCUT2D eigenvalue weighted by Crippen LogP contribution is 2.44. The van der Waals surface area contributed by atoms with Crippen LogP contribution in [0.25, 0.3) is 0 Å². The van der Waals surface area contributed by atoms with E-state index in [1.807, 2.05) is 0 Å². The fourth-order valence-electron chi connectivity index (χ4n) is 3.12. The molecule has 1 aromatic carbocycles. The third-order valence-corrected chi connectivity index (χ3v) is 4.19. The number of aliphatic carboxylic acids is 1. The molecule has 2 unspecified atom stereocenters. The van der Waals surface area contributed by atoms with Crippen molar-refractivity contribution in [3.05, 3.63) is 29.3 Å². The van der Waals surface area contributed by atoms with Gasteiger partial charge in [-0.3, -0.25) is 9.59 Å². The second kappa shape index (κ2) is 5.07. The third kappa shape index (κ3) is 2.27. The number of carboxylic acids is 1. The van der Waals surface area contributed by atoms with E-state index in [-0.39, 0.29) is 18.1 Å². The Morgan fingerprint density at radius 3 is 2.60 bits per heavy atom. The molecular formula is C14H14ClNO4. The molecule has 2 aliphatic rings. The lowest BCUT2D eigenvalue weighted by Crippen LogP contribution is -2.40.